The Hall–Kier alpha value is -4.21. The molecule has 164 valence electrons. The Morgan fingerprint density at radius 1 is 1.06 bits per heavy atom. The highest BCUT2D eigenvalue weighted by atomic mass is 19.4. The molecule has 0 aliphatic heterocycles. The van der Waals surface area contributed by atoms with Gasteiger partial charge >= 0.3 is 12.2 Å². The first kappa shape index (κ1) is 21.0. The molecule has 0 spiro atoms. The number of aromatic nitrogens is 2. The van der Waals surface area contributed by atoms with E-state index in [9.17, 15) is 18.0 Å². The van der Waals surface area contributed by atoms with Gasteiger partial charge in [0.25, 0.3) is 0 Å². The predicted molar refractivity (Wildman–Crippen MR) is 117 cm³/mol. The van der Waals surface area contributed by atoms with Crippen molar-refractivity contribution in [3.63, 3.8) is 0 Å². The number of nitrogens with two attached hydrogens (primary N) is 1. The van der Waals surface area contributed by atoms with Crippen molar-refractivity contribution >= 4 is 34.1 Å². The second-order valence-electron chi connectivity index (χ2n) is 6.91. The number of urea groups is 1. The number of benzene rings is 3. The van der Waals surface area contributed by atoms with E-state index in [0.29, 0.717) is 11.5 Å². The lowest BCUT2D eigenvalue weighted by Crippen LogP contribution is -2.20. The van der Waals surface area contributed by atoms with Gasteiger partial charge in [0.15, 0.2) is 5.82 Å². The van der Waals surface area contributed by atoms with Gasteiger partial charge in [0.2, 0.25) is 0 Å². The molecule has 4 rings (SSSR count). The number of H-pyrrole nitrogens is 1. The highest BCUT2D eigenvalue weighted by Gasteiger charge is 2.31. The number of carbonyl (C=O) groups excluding carboxylic acids is 1. The smallest absolute Gasteiger partial charge is 0.416 e. The number of anilines is 3. The van der Waals surface area contributed by atoms with Crippen molar-refractivity contribution < 1.29 is 22.7 Å². The molecule has 0 bridgehead atoms. The van der Waals surface area contributed by atoms with E-state index in [2.05, 4.69) is 20.8 Å². The summed E-state index contributed by atoms with van der Waals surface area (Å²) in [5.41, 5.74) is 7.94. The molecule has 1 heterocycles. The molecule has 7 nitrogen and oxygen atoms in total. The normalized spacial score (nSPS) is 11.4. The summed E-state index contributed by atoms with van der Waals surface area (Å²) in [5.74, 6) is 0.488. The standard InChI is InChI=1S/C22H18F3N5O2/c1-32-18-10-7-13(22(23,24)25)11-17(18)28-21(31)27-14-8-5-12(6-9-14)15-3-2-4-16-19(15)20(26)30-29-16/h2-11H,1H3,(H3,26,29,30)(H2,27,28,31). The summed E-state index contributed by atoms with van der Waals surface area (Å²) >= 11 is 0. The van der Waals surface area contributed by atoms with Gasteiger partial charge in [-0.2, -0.15) is 18.3 Å². The van der Waals surface area contributed by atoms with Crippen LogP contribution in [-0.2, 0) is 6.18 Å². The molecular weight excluding hydrogens is 423 g/mol. The first-order valence-corrected chi connectivity index (χ1v) is 9.42. The Morgan fingerprint density at radius 2 is 1.81 bits per heavy atom. The SMILES string of the molecule is COc1ccc(C(F)(F)F)cc1NC(=O)Nc1ccc(-c2cccc3[nH]nc(N)c23)cc1. The van der Waals surface area contributed by atoms with Gasteiger partial charge in [-0.15, -0.1) is 0 Å². The molecule has 0 saturated carbocycles. The zero-order valence-corrected chi connectivity index (χ0v) is 16.7. The molecule has 4 aromatic rings. The number of nitrogens with one attached hydrogen (secondary N) is 3. The molecule has 0 radical (unpaired) electrons. The van der Waals surface area contributed by atoms with E-state index in [1.807, 2.05) is 18.2 Å². The van der Waals surface area contributed by atoms with E-state index in [0.717, 1.165) is 40.2 Å². The number of methoxy groups -OCH3 is 1. The van der Waals surface area contributed by atoms with Crippen LogP contribution in [0, 0.1) is 0 Å². The molecular formula is C22H18F3N5O2. The predicted octanol–water partition coefficient (Wildman–Crippen LogP) is 5.48. The molecule has 1 aromatic heterocycles. The fraction of sp³-hybridized carbons (Fsp3) is 0.0909. The number of carbonyl (C=O) groups is 1. The van der Waals surface area contributed by atoms with Gasteiger partial charge < -0.3 is 21.1 Å². The number of amides is 2. The third kappa shape index (κ3) is 4.15. The molecule has 2 amide bonds. The second kappa shape index (κ2) is 8.14. The summed E-state index contributed by atoms with van der Waals surface area (Å²) in [6, 6.07) is 14.7. The minimum Gasteiger partial charge on any atom is -0.495 e. The first-order chi connectivity index (χ1) is 15.3. The van der Waals surface area contributed by atoms with Crippen LogP contribution in [0.4, 0.5) is 35.2 Å². The summed E-state index contributed by atoms with van der Waals surface area (Å²) in [7, 11) is 1.30. The first-order valence-electron chi connectivity index (χ1n) is 9.42. The van der Waals surface area contributed by atoms with Gasteiger partial charge in [0.1, 0.15) is 5.75 Å². The molecule has 0 aliphatic carbocycles. The number of hydrogen-bond acceptors (Lipinski definition) is 4. The number of aromatic amines is 1. The maximum atomic E-state index is 13.0. The van der Waals surface area contributed by atoms with Crippen molar-refractivity contribution in [1.82, 2.24) is 10.2 Å². The molecule has 0 saturated heterocycles. The quantitative estimate of drug-likeness (QED) is 0.336. The van der Waals surface area contributed by atoms with E-state index in [4.69, 9.17) is 10.5 Å². The van der Waals surface area contributed by atoms with Crippen molar-refractivity contribution in [3.05, 3.63) is 66.2 Å². The maximum Gasteiger partial charge on any atom is 0.416 e. The Morgan fingerprint density at radius 3 is 2.50 bits per heavy atom. The lowest BCUT2D eigenvalue weighted by molar-refractivity contribution is -0.137. The van der Waals surface area contributed by atoms with Gasteiger partial charge in [-0.05, 0) is 47.5 Å². The lowest BCUT2D eigenvalue weighted by atomic mass is 10.0. The van der Waals surface area contributed by atoms with Crippen molar-refractivity contribution in [2.75, 3.05) is 23.5 Å². The Bertz CT molecular complexity index is 1280. The zero-order valence-electron chi connectivity index (χ0n) is 16.7. The highest BCUT2D eigenvalue weighted by Crippen LogP contribution is 2.35. The van der Waals surface area contributed by atoms with Crippen LogP contribution in [0.3, 0.4) is 0 Å². The van der Waals surface area contributed by atoms with Crippen LogP contribution in [0.5, 0.6) is 5.75 Å². The number of ether oxygens (including phenoxy) is 1. The summed E-state index contributed by atoms with van der Waals surface area (Å²) in [5, 5.41) is 12.7. The van der Waals surface area contributed by atoms with Crippen LogP contribution < -0.4 is 21.1 Å². The molecule has 0 unspecified atom stereocenters. The van der Waals surface area contributed by atoms with Crippen molar-refractivity contribution in [2.24, 2.45) is 0 Å². The van der Waals surface area contributed by atoms with Crippen molar-refractivity contribution in [2.45, 2.75) is 6.18 Å². The van der Waals surface area contributed by atoms with E-state index < -0.39 is 17.8 Å². The highest BCUT2D eigenvalue weighted by molar-refractivity contribution is 6.03. The third-order valence-electron chi connectivity index (χ3n) is 4.85. The summed E-state index contributed by atoms with van der Waals surface area (Å²) in [4.78, 5) is 12.4. The summed E-state index contributed by atoms with van der Waals surface area (Å²) in [6.45, 7) is 0. The van der Waals surface area contributed by atoms with Gasteiger partial charge in [-0.3, -0.25) is 5.10 Å². The average Bonchev–Trinajstić information content (AvgIpc) is 3.15. The minimum absolute atomic E-state index is 0.0986. The molecule has 0 aliphatic rings. The molecule has 0 fully saturated rings. The van der Waals surface area contributed by atoms with Gasteiger partial charge in [-0.1, -0.05) is 24.3 Å². The monoisotopic (exact) mass is 441 g/mol. The Labute approximate surface area is 180 Å². The average molecular weight is 441 g/mol. The van der Waals surface area contributed by atoms with Crippen LogP contribution in [0.25, 0.3) is 22.0 Å². The van der Waals surface area contributed by atoms with E-state index >= 15 is 0 Å². The maximum absolute atomic E-state index is 13.0. The molecule has 10 heteroatoms. The fourth-order valence-electron chi connectivity index (χ4n) is 3.34. The number of alkyl halides is 3. The lowest BCUT2D eigenvalue weighted by Gasteiger charge is -2.14. The second-order valence-corrected chi connectivity index (χ2v) is 6.91. The summed E-state index contributed by atoms with van der Waals surface area (Å²) in [6.07, 6.45) is -4.55. The van der Waals surface area contributed by atoms with Gasteiger partial charge in [0.05, 0.1) is 29.3 Å². The van der Waals surface area contributed by atoms with E-state index in [1.54, 1.807) is 24.3 Å². The van der Waals surface area contributed by atoms with Crippen molar-refractivity contribution in [3.8, 4) is 16.9 Å². The molecule has 5 N–H and O–H groups in total. The van der Waals surface area contributed by atoms with Gasteiger partial charge in [0, 0.05) is 5.69 Å². The zero-order chi connectivity index (χ0) is 22.9. The van der Waals surface area contributed by atoms with Crippen LogP contribution >= 0.6 is 0 Å². The molecule has 0 atom stereocenters. The van der Waals surface area contributed by atoms with E-state index in [-0.39, 0.29) is 11.4 Å². The van der Waals surface area contributed by atoms with Crippen LogP contribution in [-0.4, -0.2) is 23.3 Å². The topological polar surface area (TPSA) is 105 Å². The Kier molecular flexibility index (Phi) is 5.35. The fourth-order valence-corrected chi connectivity index (χ4v) is 3.34. The number of nitrogens with zero attached hydrogens (tertiary/aromatic N) is 1. The molecule has 3 aromatic carbocycles. The number of fused-ring (bicyclic) bond motifs is 1. The van der Waals surface area contributed by atoms with Crippen molar-refractivity contribution in [1.29, 1.82) is 0 Å². The third-order valence-corrected chi connectivity index (χ3v) is 4.85. The number of nitrogen functional groups attached to an aromatic ring is 1. The van der Waals surface area contributed by atoms with Crippen LogP contribution in [0.1, 0.15) is 5.56 Å². The minimum atomic E-state index is -4.55. The number of hydrogen-bond donors (Lipinski definition) is 4. The van der Waals surface area contributed by atoms with E-state index in [1.165, 1.54) is 7.11 Å². The van der Waals surface area contributed by atoms with Gasteiger partial charge in [-0.25, -0.2) is 4.79 Å². The summed E-state index contributed by atoms with van der Waals surface area (Å²) < 4.78 is 44.0. The number of rotatable bonds is 4. The number of halogens is 3. The largest absolute Gasteiger partial charge is 0.495 e. The molecule has 32 heavy (non-hydrogen) atoms. The van der Waals surface area contributed by atoms with Crippen LogP contribution in [0.15, 0.2) is 60.7 Å². The van der Waals surface area contributed by atoms with Crippen LogP contribution in [0.2, 0.25) is 0 Å². The Balaban J connectivity index is 1.52.